The van der Waals surface area contributed by atoms with Gasteiger partial charge in [0.1, 0.15) is 5.76 Å². The molecule has 0 amide bonds. The molecule has 1 atom stereocenters. The minimum atomic E-state index is -0.105. The van der Waals surface area contributed by atoms with Gasteiger partial charge in [-0.1, -0.05) is 6.92 Å². The SMILES string of the molecule is CCC(C)(N)CN(C)Cc1ccoc1C. The number of nitrogens with two attached hydrogens (primary N) is 1. The number of furan rings is 1. The summed E-state index contributed by atoms with van der Waals surface area (Å²) < 4.78 is 5.26. The van der Waals surface area contributed by atoms with Gasteiger partial charge in [0.2, 0.25) is 0 Å². The van der Waals surface area contributed by atoms with Gasteiger partial charge in [-0.05, 0) is 33.4 Å². The molecule has 0 aliphatic heterocycles. The van der Waals surface area contributed by atoms with Crippen LogP contribution in [-0.4, -0.2) is 24.0 Å². The lowest BCUT2D eigenvalue weighted by Gasteiger charge is -2.29. The first-order valence-electron chi connectivity index (χ1n) is 5.45. The van der Waals surface area contributed by atoms with E-state index in [4.69, 9.17) is 10.2 Å². The molecule has 0 aliphatic carbocycles. The normalized spacial score (nSPS) is 15.6. The van der Waals surface area contributed by atoms with Crippen molar-refractivity contribution in [2.24, 2.45) is 5.73 Å². The molecule has 0 aliphatic rings. The number of aryl methyl sites for hydroxylation is 1. The summed E-state index contributed by atoms with van der Waals surface area (Å²) in [6, 6.07) is 2.02. The van der Waals surface area contributed by atoms with Gasteiger partial charge in [0.25, 0.3) is 0 Å². The van der Waals surface area contributed by atoms with E-state index in [9.17, 15) is 0 Å². The molecule has 0 radical (unpaired) electrons. The van der Waals surface area contributed by atoms with E-state index in [0.717, 1.165) is 25.3 Å². The standard InChI is InChI=1S/C12H22N2O/c1-5-12(3,13)9-14(4)8-11-6-7-15-10(11)2/h6-7H,5,8-9,13H2,1-4H3. The lowest BCUT2D eigenvalue weighted by atomic mass is 10.00. The minimum absolute atomic E-state index is 0.105. The van der Waals surface area contributed by atoms with Gasteiger partial charge < -0.3 is 15.1 Å². The molecule has 0 saturated heterocycles. The fourth-order valence-corrected chi connectivity index (χ4v) is 1.65. The van der Waals surface area contributed by atoms with E-state index in [0.29, 0.717) is 0 Å². The fraction of sp³-hybridized carbons (Fsp3) is 0.667. The van der Waals surface area contributed by atoms with Crippen LogP contribution >= 0.6 is 0 Å². The van der Waals surface area contributed by atoms with Gasteiger partial charge in [-0.2, -0.15) is 0 Å². The number of hydrogen-bond donors (Lipinski definition) is 1. The maximum absolute atomic E-state index is 6.12. The van der Waals surface area contributed by atoms with Crippen LogP contribution in [0.5, 0.6) is 0 Å². The van der Waals surface area contributed by atoms with Crippen LogP contribution in [0.15, 0.2) is 16.7 Å². The van der Waals surface area contributed by atoms with Crippen LogP contribution in [0.1, 0.15) is 31.6 Å². The Morgan fingerprint density at radius 1 is 1.53 bits per heavy atom. The van der Waals surface area contributed by atoms with Gasteiger partial charge >= 0.3 is 0 Å². The second-order valence-electron chi connectivity index (χ2n) is 4.68. The van der Waals surface area contributed by atoms with Crippen LogP contribution in [0.3, 0.4) is 0 Å². The topological polar surface area (TPSA) is 42.4 Å². The van der Waals surface area contributed by atoms with Crippen molar-refractivity contribution < 1.29 is 4.42 Å². The van der Waals surface area contributed by atoms with Crippen molar-refractivity contribution in [1.82, 2.24) is 4.90 Å². The molecular weight excluding hydrogens is 188 g/mol. The van der Waals surface area contributed by atoms with Gasteiger partial charge in [0.15, 0.2) is 0 Å². The molecule has 0 fully saturated rings. The average molecular weight is 210 g/mol. The van der Waals surface area contributed by atoms with E-state index in [-0.39, 0.29) is 5.54 Å². The molecule has 1 aromatic rings. The third-order valence-corrected chi connectivity index (χ3v) is 2.85. The molecule has 1 rings (SSSR count). The lowest BCUT2D eigenvalue weighted by Crippen LogP contribution is -2.45. The highest BCUT2D eigenvalue weighted by Gasteiger charge is 2.18. The summed E-state index contributed by atoms with van der Waals surface area (Å²) in [4.78, 5) is 2.24. The van der Waals surface area contributed by atoms with Crippen molar-refractivity contribution in [3.8, 4) is 0 Å². The van der Waals surface area contributed by atoms with Crippen molar-refractivity contribution in [2.45, 2.75) is 39.3 Å². The first-order valence-corrected chi connectivity index (χ1v) is 5.45. The zero-order valence-corrected chi connectivity index (χ0v) is 10.2. The maximum Gasteiger partial charge on any atom is 0.105 e. The summed E-state index contributed by atoms with van der Waals surface area (Å²) in [7, 11) is 2.09. The molecule has 1 heterocycles. The molecule has 86 valence electrons. The number of hydrogen-bond acceptors (Lipinski definition) is 3. The quantitative estimate of drug-likeness (QED) is 0.809. The zero-order valence-electron chi connectivity index (χ0n) is 10.2. The van der Waals surface area contributed by atoms with Gasteiger partial charge in [-0.3, -0.25) is 0 Å². The number of rotatable bonds is 5. The second-order valence-corrected chi connectivity index (χ2v) is 4.68. The molecule has 0 saturated carbocycles. The maximum atomic E-state index is 6.12. The van der Waals surface area contributed by atoms with Crippen LogP contribution in [-0.2, 0) is 6.54 Å². The van der Waals surface area contributed by atoms with E-state index in [2.05, 4.69) is 25.8 Å². The first-order chi connectivity index (χ1) is 6.94. The van der Waals surface area contributed by atoms with Crippen LogP contribution in [0, 0.1) is 6.92 Å². The van der Waals surface area contributed by atoms with Crippen molar-refractivity contribution in [3.05, 3.63) is 23.7 Å². The third-order valence-electron chi connectivity index (χ3n) is 2.85. The molecule has 2 N–H and O–H groups in total. The molecule has 0 spiro atoms. The monoisotopic (exact) mass is 210 g/mol. The van der Waals surface area contributed by atoms with Crippen LogP contribution in [0.4, 0.5) is 0 Å². The first kappa shape index (κ1) is 12.3. The molecular formula is C12H22N2O. The van der Waals surface area contributed by atoms with Gasteiger partial charge in [0, 0.05) is 24.2 Å². The summed E-state index contributed by atoms with van der Waals surface area (Å²) in [5.74, 6) is 0.997. The molecule has 0 bridgehead atoms. The molecule has 0 aromatic carbocycles. The zero-order chi connectivity index (χ0) is 11.5. The largest absolute Gasteiger partial charge is 0.469 e. The van der Waals surface area contributed by atoms with Crippen molar-refractivity contribution in [1.29, 1.82) is 0 Å². The minimum Gasteiger partial charge on any atom is -0.469 e. The highest BCUT2D eigenvalue weighted by atomic mass is 16.3. The van der Waals surface area contributed by atoms with Gasteiger partial charge in [-0.15, -0.1) is 0 Å². The van der Waals surface area contributed by atoms with Crippen LogP contribution in [0.25, 0.3) is 0 Å². The Hall–Kier alpha value is -0.800. The predicted molar refractivity (Wildman–Crippen MR) is 62.7 cm³/mol. The average Bonchev–Trinajstić information content (AvgIpc) is 2.51. The Kier molecular flexibility index (Phi) is 3.94. The van der Waals surface area contributed by atoms with E-state index in [1.165, 1.54) is 5.56 Å². The Bertz CT molecular complexity index is 304. The predicted octanol–water partition coefficient (Wildman–Crippen LogP) is 2.15. The third kappa shape index (κ3) is 3.68. The Balaban J connectivity index is 2.50. The molecule has 3 nitrogen and oxygen atoms in total. The second kappa shape index (κ2) is 4.81. The van der Waals surface area contributed by atoms with E-state index in [1.807, 2.05) is 13.0 Å². The van der Waals surface area contributed by atoms with E-state index in [1.54, 1.807) is 6.26 Å². The van der Waals surface area contributed by atoms with Gasteiger partial charge in [-0.25, -0.2) is 0 Å². The van der Waals surface area contributed by atoms with E-state index >= 15 is 0 Å². The smallest absolute Gasteiger partial charge is 0.105 e. The summed E-state index contributed by atoms with van der Waals surface area (Å²) in [5.41, 5.74) is 7.25. The van der Waals surface area contributed by atoms with E-state index < -0.39 is 0 Å². The molecule has 1 aromatic heterocycles. The summed E-state index contributed by atoms with van der Waals surface area (Å²) >= 11 is 0. The van der Waals surface area contributed by atoms with Crippen molar-refractivity contribution in [2.75, 3.05) is 13.6 Å². The van der Waals surface area contributed by atoms with Crippen LogP contribution < -0.4 is 5.73 Å². The summed E-state index contributed by atoms with van der Waals surface area (Å²) in [6.07, 6.45) is 2.72. The molecule has 15 heavy (non-hydrogen) atoms. The van der Waals surface area contributed by atoms with Crippen LogP contribution in [0.2, 0.25) is 0 Å². The highest BCUT2D eigenvalue weighted by molar-refractivity contribution is 5.15. The molecule has 3 heteroatoms. The van der Waals surface area contributed by atoms with Gasteiger partial charge in [0.05, 0.1) is 6.26 Å². The number of nitrogens with zero attached hydrogens (tertiary/aromatic N) is 1. The Morgan fingerprint density at radius 3 is 2.67 bits per heavy atom. The summed E-state index contributed by atoms with van der Waals surface area (Å²) in [5, 5.41) is 0. The van der Waals surface area contributed by atoms with Crippen molar-refractivity contribution >= 4 is 0 Å². The highest BCUT2D eigenvalue weighted by Crippen LogP contribution is 2.13. The Labute approximate surface area is 92.2 Å². The lowest BCUT2D eigenvalue weighted by molar-refractivity contribution is 0.245. The number of likely N-dealkylation sites (N-methyl/N-ethyl adjacent to an activating group) is 1. The summed E-state index contributed by atoms with van der Waals surface area (Å²) in [6.45, 7) is 8.00. The fourth-order valence-electron chi connectivity index (χ4n) is 1.65. The molecule has 1 unspecified atom stereocenters. The Morgan fingerprint density at radius 2 is 2.20 bits per heavy atom. The van der Waals surface area contributed by atoms with Crippen molar-refractivity contribution in [3.63, 3.8) is 0 Å².